The highest BCUT2D eigenvalue weighted by Crippen LogP contribution is 2.17. The minimum absolute atomic E-state index is 0.437. The van der Waals surface area contributed by atoms with Crippen molar-refractivity contribution in [2.24, 2.45) is 0 Å². The molecule has 0 radical (unpaired) electrons. The Labute approximate surface area is 115 Å². The second kappa shape index (κ2) is 6.95. The molecule has 1 N–H and O–H groups in total. The van der Waals surface area contributed by atoms with Crippen LogP contribution >= 0.6 is 0 Å². The molecule has 2 aromatic rings. The number of benzene rings is 2. The number of ether oxygens (including phenoxy) is 1. The standard InChI is InChI=1S/C17H21NO/c1-14(12-15-8-4-3-5-9-15)18-13-16-10-6-7-11-17(16)19-2/h3-11,14,18H,12-13H2,1-2H3. The van der Waals surface area contributed by atoms with Gasteiger partial charge >= 0.3 is 0 Å². The molecule has 19 heavy (non-hydrogen) atoms. The van der Waals surface area contributed by atoms with Gasteiger partial charge in [0.05, 0.1) is 7.11 Å². The number of hydrogen-bond donors (Lipinski definition) is 1. The van der Waals surface area contributed by atoms with Crippen LogP contribution in [0.1, 0.15) is 18.1 Å². The van der Waals surface area contributed by atoms with Crippen LogP contribution in [0.25, 0.3) is 0 Å². The molecule has 0 amide bonds. The summed E-state index contributed by atoms with van der Waals surface area (Å²) >= 11 is 0. The molecule has 0 heterocycles. The summed E-state index contributed by atoms with van der Waals surface area (Å²) in [6, 6.07) is 19.1. The quantitative estimate of drug-likeness (QED) is 0.854. The predicted octanol–water partition coefficient (Wildman–Crippen LogP) is 3.42. The molecule has 0 bridgehead atoms. The largest absolute Gasteiger partial charge is 0.496 e. The van der Waals surface area contributed by atoms with Gasteiger partial charge in [0, 0.05) is 18.2 Å². The van der Waals surface area contributed by atoms with Gasteiger partial charge in [-0.3, -0.25) is 0 Å². The van der Waals surface area contributed by atoms with E-state index in [0.717, 1.165) is 18.7 Å². The lowest BCUT2D eigenvalue weighted by Gasteiger charge is -2.15. The summed E-state index contributed by atoms with van der Waals surface area (Å²) in [6.07, 6.45) is 1.04. The smallest absolute Gasteiger partial charge is 0.123 e. The average molecular weight is 255 g/mol. The molecule has 0 aliphatic heterocycles. The van der Waals surface area contributed by atoms with Crippen molar-refractivity contribution < 1.29 is 4.74 Å². The minimum Gasteiger partial charge on any atom is -0.496 e. The monoisotopic (exact) mass is 255 g/mol. The molecule has 0 aromatic heterocycles. The molecular weight excluding hydrogens is 234 g/mol. The van der Waals surface area contributed by atoms with E-state index in [4.69, 9.17) is 4.74 Å². The van der Waals surface area contributed by atoms with Gasteiger partial charge in [-0.25, -0.2) is 0 Å². The first-order valence-electron chi connectivity index (χ1n) is 6.69. The lowest BCUT2D eigenvalue weighted by Crippen LogP contribution is -2.27. The van der Waals surface area contributed by atoms with Crippen LogP contribution in [-0.2, 0) is 13.0 Å². The number of methoxy groups -OCH3 is 1. The van der Waals surface area contributed by atoms with Crippen LogP contribution in [0.4, 0.5) is 0 Å². The van der Waals surface area contributed by atoms with Crippen LogP contribution < -0.4 is 10.1 Å². The normalized spacial score (nSPS) is 12.1. The maximum atomic E-state index is 5.36. The van der Waals surface area contributed by atoms with Gasteiger partial charge in [-0.05, 0) is 25.0 Å². The summed E-state index contributed by atoms with van der Waals surface area (Å²) in [5.74, 6) is 0.946. The summed E-state index contributed by atoms with van der Waals surface area (Å²) < 4.78 is 5.36. The Morgan fingerprint density at radius 1 is 1.00 bits per heavy atom. The zero-order valence-corrected chi connectivity index (χ0v) is 11.6. The lowest BCUT2D eigenvalue weighted by molar-refractivity contribution is 0.405. The van der Waals surface area contributed by atoms with E-state index in [0.29, 0.717) is 6.04 Å². The Morgan fingerprint density at radius 2 is 1.68 bits per heavy atom. The van der Waals surface area contributed by atoms with E-state index in [1.165, 1.54) is 11.1 Å². The van der Waals surface area contributed by atoms with Crippen LogP contribution in [0.5, 0.6) is 5.75 Å². The van der Waals surface area contributed by atoms with Gasteiger partial charge in [0.25, 0.3) is 0 Å². The van der Waals surface area contributed by atoms with Gasteiger partial charge in [0.1, 0.15) is 5.75 Å². The zero-order valence-electron chi connectivity index (χ0n) is 11.6. The second-order valence-electron chi connectivity index (χ2n) is 4.78. The molecule has 0 saturated carbocycles. The van der Waals surface area contributed by atoms with E-state index in [2.05, 4.69) is 48.6 Å². The van der Waals surface area contributed by atoms with Gasteiger partial charge in [0.15, 0.2) is 0 Å². The molecule has 1 atom stereocenters. The Balaban J connectivity index is 1.88. The highest BCUT2D eigenvalue weighted by Gasteiger charge is 2.05. The predicted molar refractivity (Wildman–Crippen MR) is 79.4 cm³/mol. The molecule has 2 aromatic carbocycles. The van der Waals surface area contributed by atoms with Gasteiger partial charge in [-0.2, -0.15) is 0 Å². The fourth-order valence-electron chi connectivity index (χ4n) is 2.17. The van der Waals surface area contributed by atoms with Crippen LogP contribution in [0.3, 0.4) is 0 Å². The summed E-state index contributed by atoms with van der Waals surface area (Å²) in [5, 5.41) is 3.54. The highest BCUT2D eigenvalue weighted by atomic mass is 16.5. The summed E-state index contributed by atoms with van der Waals surface area (Å²) in [6.45, 7) is 3.04. The van der Waals surface area contributed by atoms with Crippen LogP contribution in [-0.4, -0.2) is 13.2 Å². The first kappa shape index (κ1) is 13.6. The van der Waals surface area contributed by atoms with E-state index in [9.17, 15) is 0 Å². The van der Waals surface area contributed by atoms with Crippen molar-refractivity contribution in [2.75, 3.05) is 7.11 Å². The molecule has 0 saturated heterocycles. The third-order valence-electron chi connectivity index (χ3n) is 3.22. The van der Waals surface area contributed by atoms with E-state index >= 15 is 0 Å². The van der Waals surface area contributed by atoms with Crippen molar-refractivity contribution in [3.8, 4) is 5.75 Å². The maximum absolute atomic E-state index is 5.36. The van der Waals surface area contributed by atoms with Gasteiger partial charge in [0.2, 0.25) is 0 Å². The van der Waals surface area contributed by atoms with Gasteiger partial charge < -0.3 is 10.1 Å². The fourth-order valence-corrected chi connectivity index (χ4v) is 2.17. The third kappa shape index (κ3) is 4.11. The van der Waals surface area contributed by atoms with E-state index < -0.39 is 0 Å². The molecule has 0 aliphatic carbocycles. The van der Waals surface area contributed by atoms with Crippen LogP contribution in [0.2, 0.25) is 0 Å². The highest BCUT2D eigenvalue weighted by molar-refractivity contribution is 5.33. The molecule has 0 aliphatic rings. The molecule has 2 nitrogen and oxygen atoms in total. The Hall–Kier alpha value is -1.80. The second-order valence-corrected chi connectivity index (χ2v) is 4.78. The van der Waals surface area contributed by atoms with E-state index in [1.807, 2.05) is 18.2 Å². The summed E-state index contributed by atoms with van der Waals surface area (Å²) in [5.41, 5.74) is 2.56. The molecule has 0 spiro atoms. The molecule has 1 unspecified atom stereocenters. The van der Waals surface area contributed by atoms with Crippen molar-refractivity contribution in [3.63, 3.8) is 0 Å². The number of para-hydroxylation sites is 1. The molecule has 0 fully saturated rings. The van der Waals surface area contributed by atoms with E-state index in [1.54, 1.807) is 7.11 Å². The topological polar surface area (TPSA) is 21.3 Å². The van der Waals surface area contributed by atoms with E-state index in [-0.39, 0.29) is 0 Å². The first-order valence-corrected chi connectivity index (χ1v) is 6.69. The molecule has 2 rings (SSSR count). The van der Waals surface area contributed by atoms with Crippen molar-refractivity contribution in [1.29, 1.82) is 0 Å². The number of rotatable bonds is 6. The van der Waals surface area contributed by atoms with Crippen LogP contribution in [0.15, 0.2) is 54.6 Å². The van der Waals surface area contributed by atoms with Crippen molar-refractivity contribution in [1.82, 2.24) is 5.32 Å². The van der Waals surface area contributed by atoms with Crippen molar-refractivity contribution in [2.45, 2.75) is 25.9 Å². The number of nitrogens with one attached hydrogen (secondary N) is 1. The minimum atomic E-state index is 0.437. The molecule has 2 heteroatoms. The average Bonchev–Trinajstić information content (AvgIpc) is 2.46. The van der Waals surface area contributed by atoms with Crippen molar-refractivity contribution in [3.05, 3.63) is 65.7 Å². The van der Waals surface area contributed by atoms with Crippen molar-refractivity contribution >= 4 is 0 Å². The first-order chi connectivity index (χ1) is 9.29. The molecule has 100 valence electrons. The Bertz CT molecular complexity index is 496. The SMILES string of the molecule is COc1ccccc1CNC(C)Cc1ccccc1. The van der Waals surface area contributed by atoms with Gasteiger partial charge in [-0.1, -0.05) is 48.5 Å². The number of hydrogen-bond acceptors (Lipinski definition) is 2. The third-order valence-corrected chi connectivity index (χ3v) is 3.22. The maximum Gasteiger partial charge on any atom is 0.123 e. The van der Waals surface area contributed by atoms with Gasteiger partial charge in [-0.15, -0.1) is 0 Å². The zero-order chi connectivity index (χ0) is 13.5. The Morgan fingerprint density at radius 3 is 2.42 bits per heavy atom. The molecular formula is C17H21NO. The van der Waals surface area contributed by atoms with Crippen LogP contribution in [0, 0.1) is 0 Å². The Kier molecular flexibility index (Phi) is 4.99. The summed E-state index contributed by atoms with van der Waals surface area (Å²) in [7, 11) is 1.71. The fraction of sp³-hybridized carbons (Fsp3) is 0.294. The summed E-state index contributed by atoms with van der Waals surface area (Å²) in [4.78, 5) is 0. The lowest BCUT2D eigenvalue weighted by atomic mass is 10.1.